The molecule has 1 aliphatic heterocycles. The highest BCUT2D eigenvalue weighted by molar-refractivity contribution is 7.85. The molecular formula is C9H18N2O3S. The number of ether oxygens (including phenoxy) is 1. The van der Waals surface area contributed by atoms with Gasteiger partial charge in [-0.1, -0.05) is 0 Å². The standard InChI is InChI=1S/C9H18N2O3S/c1-9(10,8(12)14-2)7-11-3-5-15(13)6-4-11/h3-7,10H2,1-2H3. The molecule has 6 heteroatoms. The van der Waals surface area contributed by atoms with E-state index in [0.29, 0.717) is 18.1 Å². The van der Waals surface area contributed by atoms with Gasteiger partial charge in [0, 0.05) is 41.9 Å². The highest BCUT2D eigenvalue weighted by Crippen LogP contribution is 2.08. The van der Waals surface area contributed by atoms with Gasteiger partial charge >= 0.3 is 5.97 Å². The molecule has 0 radical (unpaired) electrons. The smallest absolute Gasteiger partial charge is 0.326 e. The number of esters is 1. The Balaban J connectivity index is 2.47. The summed E-state index contributed by atoms with van der Waals surface area (Å²) in [5.74, 6) is 0.920. The molecule has 0 aromatic rings. The number of rotatable bonds is 3. The van der Waals surface area contributed by atoms with E-state index in [2.05, 4.69) is 9.64 Å². The molecular weight excluding hydrogens is 216 g/mol. The second-order valence-corrected chi connectivity index (χ2v) is 5.73. The molecule has 1 heterocycles. The van der Waals surface area contributed by atoms with Crippen molar-refractivity contribution in [2.24, 2.45) is 5.73 Å². The van der Waals surface area contributed by atoms with Crippen LogP contribution in [0.2, 0.25) is 0 Å². The van der Waals surface area contributed by atoms with Gasteiger partial charge in [-0.15, -0.1) is 0 Å². The van der Waals surface area contributed by atoms with Crippen molar-refractivity contribution in [2.45, 2.75) is 12.5 Å². The van der Waals surface area contributed by atoms with Gasteiger partial charge in [0.15, 0.2) is 0 Å². The Kier molecular flexibility index (Phi) is 4.24. The summed E-state index contributed by atoms with van der Waals surface area (Å²) >= 11 is 0. The van der Waals surface area contributed by atoms with E-state index >= 15 is 0 Å². The molecule has 0 amide bonds. The molecule has 0 aromatic heterocycles. The first-order valence-electron chi connectivity index (χ1n) is 4.90. The van der Waals surface area contributed by atoms with Gasteiger partial charge in [-0.3, -0.25) is 13.9 Å². The number of nitrogens with two attached hydrogens (primary N) is 1. The van der Waals surface area contributed by atoms with Gasteiger partial charge < -0.3 is 10.5 Å². The minimum atomic E-state index is -0.979. The van der Waals surface area contributed by atoms with Gasteiger partial charge in [-0.2, -0.15) is 0 Å². The summed E-state index contributed by atoms with van der Waals surface area (Å²) in [6.45, 7) is 3.58. The van der Waals surface area contributed by atoms with E-state index in [-0.39, 0.29) is 0 Å². The largest absolute Gasteiger partial charge is 0.468 e. The van der Waals surface area contributed by atoms with Crippen LogP contribution in [0.3, 0.4) is 0 Å². The first-order chi connectivity index (χ1) is 6.95. The molecule has 0 aromatic carbocycles. The molecule has 1 unspecified atom stereocenters. The van der Waals surface area contributed by atoms with Crippen LogP contribution in [0.15, 0.2) is 0 Å². The third kappa shape index (κ3) is 3.55. The second-order valence-electron chi connectivity index (χ2n) is 4.03. The zero-order valence-electron chi connectivity index (χ0n) is 9.19. The summed E-state index contributed by atoms with van der Waals surface area (Å²) in [6.07, 6.45) is 0. The van der Waals surface area contributed by atoms with Crippen molar-refractivity contribution < 1.29 is 13.7 Å². The fourth-order valence-corrected chi connectivity index (χ4v) is 2.72. The normalized spacial score (nSPS) is 23.4. The highest BCUT2D eigenvalue weighted by Gasteiger charge is 2.32. The van der Waals surface area contributed by atoms with Crippen molar-refractivity contribution in [3.8, 4) is 0 Å². The Labute approximate surface area is 92.4 Å². The lowest BCUT2D eigenvalue weighted by Gasteiger charge is -2.32. The maximum atomic E-state index is 11.3. The van der Waals surface area contributed by atoms with Gasteiger partial charge in [-0.25, -0.2) is 0 Å². The van der Waals surface area contributed by atoms with E-state index in [1.165, 1.54) is 7.11 Å². The summed E-state index contributed by atoms with van der Waals surface area (Å²) in [4.78, 5) is 13.4. The summed E-state index contributed by atoms with van der Waals surface area (Å²) < 4.78 is 15.8. The number of nitrogens with zero attached hydrogens (tertiary/aromatic N) is 1. The Morgan fingerprint density at radius 1 is 1.53 bits per heavy atom. The van der Waals surface area contributed by atoms with Crippen LogP contribution < -0.4 is 5.73 Å². The average molecular weight is 234 g/mol. The molecule has 2 N–H and O–H groups in total. The van der Waals surface area contributed by atoms with Gasteiger partial charge in [0.2, 0.25) is 0 Å². The molecule has 1 atom stereocenters. The van der Waals surface area contributed by atoms with Gasteiger partial charge in [0.1, 0.15) is 5.54 Å². The molecule has 0 saturated carbocycles. The van der Waals surface area contributed by atoms with E-state index in [1.807, 2.05) is 0 Å². The lowest BCUT2D eigenvalue weighted by atomic mass is 10.0. The van der Waals surface area contributed by atoms with Gasteiger partial charge in [0.25, 0.3) is 0 Å². The van der Waals surface area contributed by atoms with Crippen molar-refractivity contribution in [3.63, 3.8) is 0 Å². The molecule has 88 valence electrons. The number of methoxy groups -OCH3 is 1. The topological polar surface area (TPSA) is 72.6 Å². The average Bonchev–Trinajstić information content (AvgIpc) is 2.20. The predicted molar refractivity (Wildman–Crippen MR) is 58.9 cm³/mol. The number of carbonyl (C=O) groups is 1. The second kappa shape index (κ2) is 5.05. The quantitative estimate of drug-likeness (QED) is 0.630. The van der Waals surface area contributed by atoms with Crippen LogP contribution in [-0.4, -0.2) is 58.9 Å². The third-order valence-corrected chi connectivity index (χ3v) is 3.75. The zero-order valence-corrected chi connectivity index (χ0v) is 10.0. The summed E-state index contributed by atoms with van der Waals surface area (Å²) in [5.41, 5.74) is 4.87. The fourth-order valence-electron chi connectivity index (χ4n) is 1.60. The first kappa shape index (κ1) is 12.6. The van der Waals surface area contributed by atoms with Crippen molar-refractivity contribution in [3.05, 3.63) is 0 Å². The lowest BCUT2D eigenvalue weighted by molar-refractivity contribution is -0.147. The maximum Gasteiger partial charge on any atom is 0.326 e. The molecule has 1 saturated heterocycles. The van der Waals surface area contributed by atoms with Crippen LogP contribution in [0.1, 0.15) is 6.92 Å². The fraction of sp³-hybridized carbons (Fsp3) is 0.889. The minimum Gasteiger partial charge on any atom is -0.468 e. The van der Waals surface area contributed by atoms with E-state index in [9.17, 15) is 9.00 Å². The SMILES string of the molecule is COC(=O)C(C)(N)CN1CCS(=O)CC1. The van der Waals surface area contributed by atoms with Crippen LogP contribution in [0.4, 0.5) is 0 Å². The Morgan fingerprint density at radius 2 is 2.07 bits per heavy atom. The Morgan fingerprint density at radius 3 is 2.53 bits per heavy atom. The van der Waals surface area contributed by atoms with Crippen LogP contribution in [0.25, 0.3) is 0 Å². The highest BCUT2D eigenvalue weighted by atomic mass is 32.2. The monoisotopic (exact) mass is 234 g/mol. The van der Waals surface area contributed by atoms with Crippen molar-refractivity contribution >= 4 is 16.8 Å². The molecule has 1 rings (SSSR count). The third-order valence-electron chi connectivity index (χ3n) is 2.47. The maximum absolute atomic E-state index is 11.3. The molecule has 5 nitrogen and oxygen atoms in total. The Hall–Kier alpha value is -0.460. The predicted octanol–water partition coefficient (Wildman–Crippen LogP) is -1.06. The zero-order chi connectivity index (χ0) is 11.5. The summed E-state index contributed by atoms with van der Waals surface area (Å²) in [6, 6.07) is 0. The van der Waals surface area contributed by atoms with Crippen molar-refractivity contribution in [2.75, 3.05) is 38.2 Å². The molecule has 0 aliphatic carbocycles. The summed E-state index contributed by atoms with van der Waals surface area (Å²) in [7, 11) is 0.632. The molecule has 1 aliphatic rings. The van der Waals surface area contributed by atoms with Gasteiger partial charge in [0.05, 0.1) is 7.11 Å². The number of carbonyl (C=O) groups excluding carboxylic acids is 1. The lowest BCUT2D eigenvalue weighted by Crippen LogP contribution is -2.56. The molecule has 15 heavy (non-hydrogen) atoms. The van der Waals surface area contributed by atoms with E-state index in [1.54, 1.807) is 6.92 Å². The molecule has 0 spiro atoms. The van der Waals surface area contributed by atoms with E-state index in [4.69, 9.17) is 5.73 Å². The van der Waals surface area contributed by atoms with Crippen LogP contribution in [0, 0.1) is 0 Å². The van der Waals surface area contributed by atoms with Crippen molar-refractivity contribution in [1.29, 1.82) is 0 Å². The van der Waals surface area contributed by atoms with Crippen LogP contribution in [-0.2, 0) is 20.3 Å². The Bertz CT molecular complexity index is 258. The van der Waals surface area contributed by atoms with E-state index in [0.717, 1.165) is 13.1 Å². The molecule has 0 bridgehead atoms. The number of hydrogen-bond acceptors (Lipinski definition) is 5. The summed E-state index contributed by atoms with van der Waals surface area (Å²) in [5, 5.41) is 0. The van der Waals surface area contributed by atoms with Crippen LogP contribution >= 0.6 is 0 Å². The number of hydrogen-bond donors (Lipinski definition) is 1. The molecule has 1 fully saturated rings. The minimum absolute atomic E-state index is 0.408. The van der Waals surface area contributed by atoms with Gasteiger partial charge in [-0.05, 0) is 6.92 Å². The first-order valence-corrected chi connectivity index (χ1v) is 6.39. The van der Waals surface area contributed by atoms with E-state index < -0.39 is 22.3 Å². The van der Waals surface area contributed by atoms with Crippen molar-refractivity contribution in [1.82, 2.24) is 4.90 Å². The van der Waals surface area contributed by atoms with Crippen LogP contribution in [0.5, 0.6) is 0 Å².